The van der Waals surface area contributed by atoms with Crippen molar-refractivity contribution in [1.29, 1.82) is 0 Å². The van der Waals surface area contributed by atoms with Gasteiger partial charge in [0.1, 0.15) is 11.4 Å². The van der Waals surface area contributed by atoms with Gasteiger partial charge in [-0.05, 0) is 57.7 Å². The van der Waals surface area contributed by atoms with Crippen molar-refractivity contribution >= 4 is 30.0 Å². The van der Waals surface area contributed by atoms with Crippen LogP contribution in [0.4, 0.5) is 20.6 Å². The number of halogens is 1. The highest BCUT2D eigenvalue weighted by molar-refractivity contribution is 5.95. The molecule has 34 heavy (non-hydrogen) atoms. The quantitative estimate of drug-likeness (QED) is 0.667. The van der Waals surface area contributed by atoms with Gasteiger partial charge in [-0.25, -0.2) is 9.18 Å². The van der Waals surface area contributed by atoms with Gasteiger partial charge >= 0.3 is 12.2 Å². The topological polar surface area (TPSA) is 99.3 Å². The van der Waals surface area contributed by atoms with Crippen molar-refractivity contribution in [3.05, 3.63) is 24.0 Å². The smallest absolute Gasteiger partial charge is 0.373 e. The molecule has 0 saturated carbocycles. The molecule has 3 aliphatic rings. The van der Waals surface area contributed by atoms with Gasteiger partial charge in [-0.2, -0.15) is 9.59 Å². The lowest BCUT2D eigenvalue weighted by Gasteiger charge is -2.32. The highest BCUT2D eigenvalue weighted by Crippen LogP contribution is 2.31. The predicted molar refractivity (Wildman–Crippen MR) is 125 cm³/mol. The van der Waals surface area contributed by atoms with Gasteiger partial charge in [-0.1, -0.05) is 6.92 Å². The standard InChI is InChI=1S/C18H25FN4O.C5H10O2.CO2/c1-13-4-7-21(8-5-13)14-2-3-17(16(19)10-14)23-12-15-11-20-6-9-22(15)18(23)24;1-5(2,3)7-4-6;2-1-3/h2-3,10,13,15,20H,4-9,11-12H2,1H3;4H,1-3H3;/t15-;;/m0../s1. The Morgan fingerprint density at radius 1 is 1.18 bits per heavy atom. The fourth-order valence-corrected chi connectivity index (χ4v) is 4.14. The van der Waals surface area contributed by atoms with Crippen LogP contribution >= 0.6 is 0 Å². The van der Waals surface area contributed by atoms with E-state index in [-0.39, 0.29) is 29.6 Å². The number of hydrogen-bond acceptors (Lipinski definition) is 7. The van der Waals surface area contributed by atoms with Gasteiger partial charge in [0.15, 0.2) is 0 Å². The molecule has 1 N–H and O–H groups in total. The van der Waals surface area contributed by atoms with Crippen molar-refractivity contribution < 1.29 is 28.3 Å². The molecule has 1 aromatic rings. The number of carbonyl (C=O) groups is 2. The van der Waals surface area contributed by atoms with Crippen LogP contribution in [0.25, 0.3) is 0 Å². The van der Waals surface area contributed by atoms with E-state index in [1.165, 1.54) is 0 Å². The zero-order valence-electron chi connectivity index (χ0n) is 20.4. The Morgan fingerprint density at radius 2 is 1.82 bits per heavy atom. The monoisotopic (exact) mass is 478 g/mol. The van der Waals surface area contributed by atoms with E-state index in [1.54, 1.807) is 17.0 Å². The summed E-state index contributed by atoms with van der Waals surface area (Å²) in [5.41, 5.74) is 1.01. The summed E-state index contributed by atoms with van der Waals surface area (Å²) in [5, 5.41) is 3.30. The van der Waals surface area contributed by atoms with Gasteiger partial charge in [0.05, 0.1) is 11.7 Å². The molecule has 188 valence electrons. The number of fused-ring (bicyclic) bond motifs is 1. The van der Waals surface area contributed by atoms with Crippen LogP contribution in [0, 0.1) is 11.7 Å². The Morgan fingerprint density at radius 3 is 2.32 bits per heavy atom. The molecule has 4 rings (SSSR count). The number of nitrogens with zero attached hydrogens (tertiary/aromatic N) is 3. The normalized spacial score (nSPS) is 20.3. The number of piperidine rings is 1. The number of benzene rings is 1. The summed E-state index contributed by atoms with van der Waals surface area (Å²) >= 11 is 0. The van der Waals surface area contributed by atoms with Crippen molar-refractivity contribution in [2.75, 3.05) is 49.1 Å². The molecule has 0 unspecified atom stereocenters. The van der Waals surface area contributed by atoms with Crippen molar-refractivity contribution in [3.63, 3.8) is 0 Å². The van der Waals surface area contributed by atoms with Crippen molar-refractivity contribution in [2.24, 2.45) is 5.92 Å². The van der Waals surface area contributed by atoms with E-state index >= 15 is 0 Å². The first-order chi connectivity index (χ1) is 16.1. The molecule has 3 aliphatic heterocycles. The lowest BCUT2D eigenvalue weighted by atomic mass is 9.99. The maximum Gasteiger partial charge on any atom is 0.373 e. The second-order valence-corrected chi connectivity index (χ2v) is 9.66. The first kappa shape index (κ1) is 27.3. The second-order valence-electron chi connectivity index (χ2n) is 9.66. The van der Waals surface area contributed by atoms with Crippen LogP contribution in [-0.4, -0.2) is 74.5 Å². The molecule has 2 amide bonds. The summed E-state index contributed by atoms with van der Waals surface area (Å²) in [7, 11) is 0. The third kappa shape index (κ3) is 7.53. The zero-order valence-corrected chi connectivity index (χ0v) is 20.4. The summed E-state index contributed by atoms with van der Waals surface area (Å²) < 4.78 is 19.3. The largest absolute Gasteiger partial charge is 0.462 e. The number of urea groups is 1. The second kappa shape index (κ2) is 12.5. The van der Waals surface area contributed by atoms with E-state index in [0.29, 0.717) is 25.2 Å². The summed E-state index contributed by atoms with van der Waals surface area (Å²) in [6.45, 7) is 13.0. The Labute approximate surface area is 200 Å². The lowest BCUT2D eigenvalue weighted by Crippen LogP contribution is -2.49. The maximum atomic E-state index is 14.7. The van der Waals surface area contributed by atoms with E-state index < -0.39 is 0 Å². The molecule has 0 aliphatic carbocycles. The van der Waals surface area contributed by atoms with E-state index in [9.17, 15) is 14.0 Å². The molecule has 3 saturated heterocycles. The average molecular weight is 479 g/mol. The third-order valence-electron chi connectivity index (χ3n) is 5.99. The molecular formula is C24H35FN4O5. The minimum absolute atomic E-state index is 0.0695. The summed E-state index contributed by atoms with van der Waals surface area (Å²) in [6, 6.07) is 5.39. The molecular weight excluding hydrogens is 443 g/mol. The minimum Gasteiger partial charge on any atom is -0.462 e. The Hall–Kier alpha value is -2.97. The number of anilines is 2. The molecule has 3 heterocycles. The number of ether oxygens (including phenoxy) is 1. The van der Waals surface area contributed by atoms with Crippen LogP contribution in [0.1, 0.15) is 40.5 Å². The van der Waals surface area contributed by atoms with Crippen LogP contribution in [0.3, 0.4) is 0 Å². The first-order valence-electron chi connectivity index (χ1n) is 11.5. The molecule has 9 nitrogen and oxygen atoms in total. The fourth-order valence-electron chi connectivity index (χ4n) is 4.14. The number of rotatable bonds is 3. The van der Waals surface area contributed by atoms with E-state index in [0.717, 1.165) is 50.6 Å². The maximum absolute atomic E-state index is 14.7. The van der Waals surface area contributed by atoms with Gasteiger partial charge < -0.3 is 19.9 Å². The molecule has 3 fully saturated rings. The number of nitrogens with one attached hydrogen (secondary N) is 1. The number of amides is 2. The average Bonchev–Trinajstić information content (AvgIpc) is 3.11. The molecule has 10 heteroatoms. The van der Waals surface area contributed by atoms with Gasteiger partial charge in [-0.3, -0.25) is 9.69 Å². The summed E-state index contributed by atoms with van der Waals surface area (Å²) in [6.07, 6.45) is 2.55. The highest BCUT2D eigenvalue weighted by atomic mass is 19.1. The number of piperazine rings is 1. The van der Waals surface area contributed by atoms with Crippen molar-refractivity contribution in [1.82, 2.24) is 10.2 Å². The van der Waals surface area contributed by atoms with Gasteiger partial charge in [0.25, 0.3) is 6.47 Å². The molecule has 0 bridgehead atoms. The van der Waals surface area contributed by atoms with Gasteiger partial charge in [0, 0.05) is 45.0 Å². The SMILES string of the molecule is CC(C)(C)OC=O.CC1CCN(c2ccc(N3C[C@@H]4CNCCN4C3=O)c(F)c2)CC1.O=C=O. The molecule has 1 aromatic carbocycles. The van der Waals surface area contributed by atoms with Crippen molar-refractivity contribution in [3.8, 4) is 0 Å². The zero-order chi connectivity index (χ0) is 25.3. The highest BCUT2D eigenvalue weighted by Gasteiger charge is 2.40. The molecule has 0 aromatic heterocycles. The van der Waals surface area contributed by atoms with Crippen LogP contribution in [0.2, 0.25) is 0 Å². The minimum atomic E-state index is -0.318. The van der Waals surface area contributed by atoms with Crippen LogP contribution in [-0.2, 0) is 19.1 Å². The molecule has 0 radical (unpaired) electrons. The van der Waals surface area contributed by atoms with E-state index in [4.69, 9.17) is 9.59 Å². The molecule has 1 atom stereocenters. The molecule has 0 spiro atoms. The number of carbonyl (C=O) groups excluding carboxylic acids is 4. The third-order valence-corrected chi connectivity index (χ3v) is 5.99. The summed E-state index contributed by atoms with van der Waals surface area (Å²) in [4.78, 5) is 44.1. The number of hydrogen-bond donors (Lipinski definition) is 1. The summed E-state index contributed by atoms with van der Waals surface area (Å²) in [5.74, 6) is 0.450. The Bertz CT molecular complexity index is 861. The Balaban J connectivity index is 0.000000348. The predicted octanol–water partition coefficient (Wildman–Crippen LogP) is 2.65. The fraction of sp³-hybridized carbons (Fsp3) is 0.625. The lowest BCUT2D eigenvalue weighted by molar-refractivity contribution is -0.191. The van der Waals surface area contributed by atoms with Crippen LogP contribution < -0.4 is 15.1 Å². The van der Waals surface area contributed by atoms with Gasteiger partial charge in [-0.15, -0.1) is 0 Å². The van der Waals surface area contributed by atoms with E-state index in [1.807, 2.05) is 31.7 Å². The van der Waals surface area contributed by atoms with Crippen LogP contribution in [0.5, 0.6) is 0 Å². The Kier molecular flexibility index (Phi) is 10.0. The van der Waals surface area contributed by atoms with Crippen molar-refractivity contribution in [2.45, 2.75) is 52.2 Å². The van der Waals surface area contributed by atoms with E-state index in [2.05, 4.69) is 21.9 Å². The first-order valence-corrected chi connectivity index (χ1v) is 11.5. The van der Waals surface area contributed by atoms with Gasteiger partial charge in [0.2, 0.25) is 0 Å². The van der Waals surface area contributed by atoms with Crippen LogP contribution in [0.15, 0.2) is 18.2 Å².